The van der Waals surface area contributed by atoms with E-state index >= 15 is 0 Å². The van der Waals surface area contributed by atoms with Crippen molar-refractivity contribution in [2.45, 2.75) is 25.3 Å². The lowest BCUT2D eigenvalue weighted by atomic mass is 9.89. The molecule has 0 amide bonds. The van der Waals surface area contributed by atoms with Crippen molar-refractivity contribution in [1.82, 2.24) is 15.1 Å². The molecule has 0 atom stereocenters. The second-order valence-corrected chi connectivity index (χ2v) is 6.97. The second-order valence-electron chi connectivity index (χ2n) is 6.97. The van der Waals surface area contributed by atoms with Crippen molar-refractivity contribution >= 4 is 0 Å². The van der Waals surface area contributed by atoms with Gasteiger partial charge in [-0.05, 0) is 49.2 Å². The van der Waals surface area contributed by atoms with Crippen LogP contribution >= 0.6 is 0 Å². The summed E-state index contributed by atoms with van der Waals surface area (Å²) in [6.07, 6.45) is 4.26. The third-order valence-corrected chi connectivity index (χ3v) is 5.29. The average Bonchev–Trinajstić information content (AvgIpc) is 3.19. The summed E-state index contributed by atoms with van der Waals surface area (Å²) in [5.41, 5.74) is 5.02. The Kier molecular flexibility index (Phi) is 5.02. The summed E-state index contributed by atoms with van der Waals surface area (Å²) in [4.78, 5) is 2.55. The van der Waals surface area contributed by atoms with Crippen molar-refractivity contribution in [3.8, 4) is 16.9 Å². The molecule has 4 nitrogen and oxygen atoms in total. The van der Waals surface area contributed by atoms with Crippen LogP contribution in [-0.2, 0) is 6.54 Å². The lowest BCUT2D eigenvalue weighted by molar-refractivity contribution is 0.203. The number of ether oxygens (including phenoxy) is 1. The fourth-order valence-corrected chi connectivity index (χ4v) is 3.85. The first-order valence-electron chi connectivity index (χ1n) is 9.27. The van der Waals surface area contributed by atoms with E-state index in [2.05, 4.69) is 57.6 Å². The summed E-state index contributed by atoms with van der Waals surface area (Å²) in [6, 6.07) is 19.0. The van der Waals surface area contributed by atoms with Gasteiger partial charge in [0.15, 0.2) is 0 Å². The number of rotatable bonds is 5. The van der Waals surface area contributed by atoms with Gasteiger partial charge in [-0.3, -0.25) is 10.00 Å². The molecule has 0 bridgehead atoms. The van der Waals surface area contributed by atoms with E-state index in [1.165, 1.54) is 22.4 Å². The summed E-state index contributed by atoms with van der Waals surface area (Å²) < 4.78 is 5.37. The van der Waals surface area contributed by atoms with Crippen molar-refractivity contribution in [1.29, 1.82) is 0 Å². The Morgan fingerprint density at radius 1 is 1.08 bits per heavy atom. The van der Waals surface area contributed by atoms with E-state index in [1.807, 2.05) is 18.3 Å². The quantitative estimate of drug-likeness (QED) is 0.740. The standard InChI is InChI=1S/C22H25N3O/c1-26-20-9-5-8-19(14-20)21-15-23-24-22(21)18-10-12-25(13-11-18)16-17-6-3-2-4-7-17/h2-9,14-15,18H,10-13,16H2,1H3,(H,23,24). The highest BCUT2D eigenvalue weighted by atomic mass is 16.5. The number of benzene rings is 2. The maximum atomic E-state index is 5.37. The number of likely N-dealkylation sites (tertiary alicyclic amines) is 1. The lowest BCUT2D eigenvalue weighted by Crippen LogP contribution is -2.32. The van der Waals surface area contributed by atoms with Crippen LogP contribution in [0.4, 0.5) is 0 Å². The van der Waals surface area contributed by atoms with Gasteiger partial charge in [0.2, 0.25) is 0 Å². The number of nitrogens with zero attached hydrogens (tertiary/aromatic N) is 2. The van der Waals surface area contributed by atoms with Crippen LogP contribution in [0, 0.1) is 0 Å². The van der Waals surface area contributed by atoms with Gasteiger partial charge in [0.1, 0.15) is 5.75 Å². The molecule has 26 heavy (non-hydrogen) atoms. The lowest BCUT2D eigenvalue weighted by Gasteiger charge is -2.32. The van der Waals surface area contributed by atoms with Gasteiger partial charge in [-0.25, -0.2) is 0 Å². The van der Waals surface area contributed by atoms with Gasteiger partial charge in [-0.2, -0.15) is 5.10 Å². The van der Waals surface area contributed by atoms with Crippen LogP contribution in [-0.4, -0.2) is 35.3 Å². The van der Waals surface area contributed by atoms with Crippen molar-refractivity contribution in [3.63, 3.8) is 0 Å². The Balaban J connectivity index is 1.44. The van der Waals surface area contributed by atoms with Crippen LogP contribution in [0.3, 0.4) is 0 Å². The van der Waals surface area contributed by atoms with Gasteiger partial charge in [-0.15, -0.1) is 0 Å². The molecule has 0 aliphatic carbocycles. The zero-order valence-corrected chi connectivity index (χ0v) is 15.2. The van der Waals surface area contributed by atoms with Crippen LogP contribution in [0.1, 0.15) is 30.0 Å². The minimum Gasteiger partial charge on any atom is -0.497 e. The Bertz CT molecular complexity index is 835. The van der Waals surface area contributed by atoms with Gasteiger partial charge < -0.3 is 4.74 Å². The predicted molar refractivity (Wildman–Crippen MR) is 104 cm³/mol. The minimum atomic E-state index is 0.533. The van der Waals surface area contributed by atoms with E-state index in [-0.39, 0.29) is 0 Å². The molecule has 0 spiro atoms. The Morgan fingerprint density at radius 2 is 1.88 bits per heavy atom. The highest BCUT2D eigenvalue weighted by Gasteiger charge is 2.24. The molecule has 3 aromatic rings. The molecule has 2 aromatic carbocycles. The predicted octanol–water partition coefficient (Wildman–Crippen LogP) is 4.46. The maximum absolute atomic E-state index is 5.37. The normalized spacial score (nSPS) is 15.9. The maximum Gasteiger partial charge on any atom is 0.119 e. The van der Waals surface area contributed by atoms with Crippen molar-refractivity contribution in [3.05, 3.63) is 72.1 Å². The van der Waals surface area contributed by atoms with Crippen LogP contribution in [0.5, 0.6) is 5.75 Å². The van der Waals surface area contributed by atoms with Crippen molar-refractivity contribution < 1.29 is 4.74 Å². The molecule has 1 saturated heterocycles. The van der Waals surface area contributed by atoms with Gasteiger partial charge in [0.25, 0.3) is 0 Å². The molecule has 1 fully saturated rings. The third kappa shape index (κ3) is 3.65. The molecular formula is C22H25N3O. The molecule has 4 rings (SSSR count). The second kappa shape index (κ2) is 7.75. The van der Waals surface area contributed by atoms with E-state index < -0.39 is 0 Å². The number of piperidine rings is 1. The summed E-state index contributed by atoms with van der Waals surface area (Å²) in [5.74, 6) is 1.41. The monoisotopic (exact) mass is 347 g/mol. The van der Waals surface area contributed by atoms with E-state index in [4.69, 9.17) is 4.74 Å². The largest absolute Gasteiger partial charge is 0.497 e. The third-order valence-electron chi connectivity index (χ3n) is 5.29. The summed E-state index contributed by atoms with van der Waals surface area (Å²) in [7, 11) is 1.71. The van der Waals surface area contributed by atoms with Crippen LogP contribution in [0.2, 0.25) is 0 Å². The minimum absolute atomic E-state index is 0.533. The summed E-state index contributed by atoms with van der Waals surface area (Å²) >= 11 is 0. The number of H-pyrrole nitrogens is 1. The topological polar surface area (TPSA) is 41.1 Å². The van der Waals surface area contributed by atoms with E-state index in [1.54, 1.807) is 7.11 Å². The number of nitrogens with one attached hydrogen (secondary N) is 1. The van der Waals surface area contributed by atoms with Crippen molar-refractivity contribution in [2.24, 2.45) is 0 Å². The SMILES string of the molecule is COc1cccc(-c2cn[nH]c2C2CCN(Cc3ccccc3)CC2)c1. The number of hydrogen-bond acceptors (Lipinski definition) is 3. The molecule has 1 aromatic heterocycles. The van der Waals surface area contributed by atoms with Crippen LogP contribution < -0.4 is 4.74 Å². The Hall–Kier alpha value is -2.59. The molecule has 134 valence electrons. The van der Waals surface area contributed by atoms with Gasteiger partial charge in [0.05, 0.1) is 13.3 Å². The average molecular weight is 347 g/mol. The van der Waals surface area contributed by atoms with Crippen molar-refractivity contribution in [2.75, 3.05) is 20.2 Å². The first-order valence-corrected chi connectivity index (χ1v) is 9.27. The molecule has 4 heteroatoms. The zero-order chi connectivity index (χ0) is 17.8. The molecule has 0 unspecified atom stereocenters. The summed E-state index contributed by atoms with van der Waals surface area (Å²) in [5, 5.41) is 7.60. The molecule has 0 saturated carbocycles. The Labute approximate surface area is 154 Å². The molecule has 1 aliphatic rings. The van der Waals surface area contributed by atoms with E-state index in [0.29, 0.717) is 5.92 Å². The first kappa shape index (κ1) is 16.9. The smallest absolute Gasteiger partial charge is 0.119 e. The highest BCUT2D eigenvalue weighted by Crippen LogP contribution is 2.35. The molecule has 1 N–H and O–H groups in total. The van der Waals surface area contributed by atoms with Gasteiger partial charge in [-0.1, -0.05) is 42.5 Å². The fraction of sp³-hybridized carbons (Fsp3) is 0.318. The first-order chi connectivity index (χ1) is 12.8. The van der Waals surface area contributed by atoms with E-state index in [0.717, 1.165) is 38.2 Å². The fourth-order valence-electron chi connectivity index (χ4n) is 3.85. The number of hydrogen-bond donors (Lipinski definition) is 1. The van der Waals surface area contributed by atoms with E-state index in [9.17, 15) is 0 Å². The van der Waals surface area contributed by atoms with Gasteiger partial charge >= 0.3 is 0 Å². The number of aromatic amines is 1. The number of methoxy groups -OCH3 is 1. The summed E-state index contributed by atoms with van der Waals surface area (Å²) in [6.45, 7) is 3.28. The zero-order valence-electron chi connectivity index (χ0n) is 15.2. The van der Waals surface area contributed by atoms with Crippen LogP contribution in [0.15, 0.2) is 60.8 Å². The molecule has 1 aliphatic heterocycles. The number of aromatic nitrogens is 2. The van der Waals surface area contributed by atoms with Crippen LogP contribution in [0.25, 0.3) is 11.1 Å². The molecular weight excluding hydrogens is 322 g/mol. The van der Waals surface area contributed by atoms with Gasteiger partial charge in [0, 0.05) is 23.7 Å². The molecule has 0 radical (unpaired) electrons. The highest BCUT2D eigenvalue weighted by molar-refractivity contribution is 5.67. The Morgan fingerprint density at radius 3 is 2.65 bits per heavy atom. The molecule has 2 heterocycles.